The molecule has 0 bridgehead atoms. The smallest absolute Gasteiger partial charge is 0.233 e. The lowest BCUT2D eigenvalue weighted by Crippen LogP contribution is -2.27. The maximum atomic E-state index is 12.3. The highest BCUT2D eigenvalue weighted by atomic mass is 35.5. The van der Waals surface area contributed by atoms with E-state index < -0.39 is 0 Å². The summed E-state index contributed by atoms with van der Waals surface area (Å²) in [4.78, 5) is 15.1. The predicted molar refractivity (Wildman–Crippen MR) is 107 cm³/mol. The molecule has 0 unspecified atom stereocenters. The molecule has 6 nitrogen and oxygen atoms in total. The third kappa shape index (κ3) is 4.32. The standard InChI is InChI=1S/C16H15Cl2N5OS2/c1-22(8-11-3-2-6-25-11)14(24)9-26-16-21-20-15(23(16)19)12-7-10(17)4-5-13(12)18/h2-7H,8-9,19H2,1H3. The number of rotatable bonds is 6. The number of nitrogen functional groups attached to an aromatic ring is 1. The first-order valence-corrected chi connectivity index (χ1v) is 10.1. The number of amides is 1. The number of hydrogen-bond donors (Lipinski definition) is 1. The van der Waals surface area contributed by atoms with Crippen LogP contribution in [0.5, 0.6) is 0 Å². The van der Waals surface area contributed by atoms with Gasteiger partial charge in [0.15, 0.2) is 5.82 Å². The maximum absolute atomic E-state index is 12.3. The SMILES string of the molecule is CN(Cc1cccs1)C(=O)CSc1nnc(-c2cc(Cl)ccc2Cl)n1N. The fraction of sp³-hybridized carbons (Fsp3) is 0.188. The Morgan fingerprint density at radius 1 is 1.35 bits per heavy atom. The van der Waals surface area contributed by atoms with Gasteiger partial charge < -0.3 is 10.7 Å². The molecule has 0 aliphatic rings. The summed E-state index contributed by atoms with van der Waals surface area (Å²) in [7, 11) is 1.77. The van der Waals surface area contributed by atoms with E-state index in [1.165, 1.54) is 16.4 Å². The van der Waals surface area contributed by atoms with Crippen molar-refractivity contribution in [2.24, 2.45) is 0 Å². The first kappa shape index (κ1) is 19.0. The minimum Gasteiger partial charge on any atom is -0.340 e. The summed E-state index contributed by atoms with van der Waals surface area (Å²) in [5, 5.41) is 11.5. The second kappa shape index (κ2) is 8.30. The highest BCUT2D eigenvalue weighted by Crippen LogP contribution is 2.30. The summed E-state index contributed by atoms with van der Waals surface area (Å²) in [5.74, 6) is 6.65. The third-order valence-corrected chi connectivity index (χ3v) is 5.91. The number of carbonyl (C=O) groups is 1. The number of nitrogens with two attached hydrogens (primary N) is 1. The zero-order valence-electron chi connectivity index (χ0n) is 13.7. The van der Waals surface area contributed by atoms with Crippen molar-refractivity contribution in [3.63, 3.8) is 0 Å². The van der Waals surface area contributed by atoms with Crippen molar-refractivity contribution >= 4 is 52.2 Å². The topological polar surface area (TPSA) is 77.0 Å². The van der Waals surface area contributed by atoms with Crippen LogP contribution in [0, 0.1) is 0 Å². The van der Waals surface area contributed by atoms with Crippen LogP contribution >= 0.6 is 46.3 Å². The Balaban J connectivity index is 1.67. The van der Waals surface area contributed by atoms with E-state index in [1.54, 1.807) is 41.5 Å². The van der Waals surface area contributed by atoms with Crippen LogP contribution in [0.25, 0.3) is 11.4 Å². The molecule has 0 radical (unpaired) electrons. The fourth-order valence-corrected chi connectivity index (χ4v) is 4.12. The van der Waals surface area contributed by atoms with Gasteiger partial charge in [-0.15, -0.1) is 21.5 Å². The number of thiophene rings is 1. The van der Waals surface area contributed by atoms with E-state index in [2.05, 4.69) is 10.2 Å². The van der Waals surface area contributed by atoms with Crippen LogP contribution in [0.3, 0.4) is 0 Å². The second-order valence-electron chi connectivity index (χ2n) is 5.42. The number of nitrogens with zero attached hydrogens (tertiary/aromatic N) is 4. The zero-order valence-corrected chi connectivity index (χ0v) is 16.9. The Morgan fingerprint density at radius 3 is 2.88 bits per heavy atom. The first-order chi connectivity index (χ1) is 12.5. The molecular formula is C16H15Cl2N5OS2. The molecule has 0 aliphatic carbocycles. The highest BCUT2D eigenvalue weighted by molar-refractivity contribution is 7.99. The third-order valence-electron chi connectivity index (χ3n) is 3.56. The van der Waals surface area contributed by atoms with Gasteiger partial charge in [-0.2, -0.15) is 0 Å². The summed E-state index contributed by atoms with van der Waals surface area (Å²) in [6, 6.07) is 8.99. The van der Waals surface area contributed by atoms with Crippen molar-refractivity contribution in [1.29, 1.82) is 0 Å². The summed E-state index contributed by atoms with van der Waals surface area (Å²) in [5.41, 5.74) is 0.585. The molecule has 10 heteroatoms. The summed E-state index contributed by atoms with van der Waals surface area (Å²) >= 11 is 15.0. The molecule has 2 heterocycles. The Labute approximate surface area is 168 Å². The molecule has 0 saturated carbocycles. The lowest BCUT2D eigenvalue weighted by atomic mass is 10.2. The van der Waals surface area contributed by atoms with Crippen molar-refractivity contribution < 1.29 is 4.79 Å². The van der Waals surface area contributed by atoms with Gasteiger partial charge in [-0.25, -0.2) is 4.68 Å². The van der Waals surface area contributed by atoms with Gasteiger partial charge in [0.05, 0.1) is 17.3 Å². The quantitative estimate of drug-likeness (QED) is 0.478. The Hall–Kier alpha value is -1.74. The van der Waals surface area contributed by atoms with Gasteiger partial charge in [-0.1, -0.05) is 41.0 Å². The van der Waals surface area contributed by atoms with E-state index in [-0.39, 0.29) is 11.7 Å². The molecule has 2 aromatic heterocycles. The van der Waals surface area contributed by atoms with Crippen LogP contribution < -0.4 is 5.84 Å². The first-order valence-electron chi connectivity index (χ1n) is 7.50. The van der Waals surface area contributed by atoms with E-state index in [1.807, 2.05) is 17.5 Å². The number of hydrogen-bond acceptors (Lipinski definition) is 6. The molecule has 0 spiro atoms. The van der Waals surface area contributed by atoms with Crippen LogP contribution in [0.4, 0.5) is 0 Å². The molecule has 1 aromatic carbocycles. The van der Waals surface area contributed by atoms with Crippen LogP contribution in [0.1, 0.15) is 4.88 Å². The van der Waals surface area contributed by atoms with E-state index in [4.69, 9.17) is 29.0 Å². The molecule has 0 atom stereocenters. The fourth-order valence-electron chi connectivity index (χ4n) is 2.19. The lowest BCUT2D eigenvalue weighted by Gasteiger charge is -2.15. The molecule has 0 saturated heterocycles. The molecule has 2 N–H and O–H groups in total. The molecule has 26 heavy (non-hydrogen) atoms. The highest BCUT2D eigenvalue weighted by Gasteiger charge is 2.17. The van der Waals surface area contributed by atoms with Gasteiger partial charge in [0.2, 0.25) is 11.1 Å². The van der Waals surface area contributed by atoms with E-state index in [9.17, 15) is 4.79 Å². The van der Waals surface area contributed by atoms with Crippen molar-refractivity contribution in [3.05, 3.63) is 50.6 Å². The average Bonchev–Trinajstić information content (AvgIpc) is 3.25. The number of carbonyl (C=O) groups excluding carboxylic acids is 1. The Morgan fingerprint density at radius 2 is 2.15 bits per heavy atom. The molecule has 0 aliphatic heterocycles. The van der Waals surface area contributed by atoms with Crippen LogP contribution in [-0.2, 0) is 11.3 Å². The Bertz CT molecular complexity index is 914. The van der Waals surface area contributed by atoms with Gasteiger partial charge in [0, 0.05) is 22.5 Å². The summed E-state index contributed by atoms with van der Waals surface area (Å²) in [6.07, 6.45) is 0. The Kier molecular flexibility index (Phi) is 6.08. The lowest BCUT2D eigenvalue weighted by molar-refractivity contribution is -0.127. The minimum absolute atomic E-state index is 0.0197. The zero-order chi connectivity index (χ0) is 18.7. The minimum atomic E-state index is -0.0197. The van der Waals surface area contributed by atoms with Crippen LogP contribution in [0.15, 0.2) is 40.9 Å². The van der Waals surface area contributed by atoms with Crippen molar-refractivity contribution in [2.45, 2.75) is 11.7 Å². The number of halogens is 2. The van der Waals surface area contributed by atoms with Gasteiger partial charge in [0.1, 0.15) is 0 Å². The maximum Gasteiger partial charge on any atom is 0.233 e. The molecule has 3 rings (SSSR count). The van der Waals surface area contributed by atoms with Crippen LogP contribution in [-0.4, -0.2) is 38.5 Å². The van der Waals surface area contributed by atoms with Crippen molar-refractivity contribution in [1.82, 2.24) is 19.8 Å². The van der Waals surface area contributed by atoms with Gasteiger partial charge in [-0.3, -0.25) is 4.79 Å². The summed E-state index contributed by atoms with van der Waals surface area (Å²) < 4.78 is 1.31. The predicted octanol–water partition coefficient (Wildman–Crippen LogP) is 3.78. The van der Waals surface area contributed by atoms with Crippen molar-refractivity contribution in [2.75, 3.05) is 18.6 Å². The molecular weight excluding hydrogens is 413 g/mol. The van der Waals surface area contributed by atoms with E-state index in [0.717, 1.165) is 4.88 Å². The van der Waals surface area contributed by atoms with E-state index in [0.29, 0.717) is 33.1 Å². The van der Waals surface area contributed by atoms with Gasteiger partial charge in [0.25, 0.3) is 0 Å². The molecule has 1 amide bonds. The second-order valence-corrected chi connectivity index (χ2v) is 8.24. The monoisotopic (exact) mass is 427 g/mol. The summed E-state index contributed by atoms with van der Waals surface area (Å²) in [6.45, 7) is 0.579. The molecule has 0 fully saturated rings. The number of benzene rings is 1. The van der Waals surface area contributed by atoms with E-state index >= 15 is 0 Å². The molecule has 136 valence electrons. The van der Waals surface area contributed by atoms with Gasteiger partial charge in [-0.05, 0) is 29.6 Å². The molecule has 3 aromatic rings. The van der Waals surface area contributed by atoms with Crippen molar-refractivity contribution in [3.8, 4) is 11.4 Å². The van der Waals surface area contributed by atoms with Crippen LogP contribution in [0.2, 0.25) is 10.0 Å². The largest absolute Gasteiger partial charge is 0.340 e. The number of aromatic nitrogens is 3. The van der Waals surface area contributed by atoms with Gasteiger partial charge >= 0.3 is 0 Å². The average molecular weight is 428 g/mol. The number of thioether (sulfide) groups is 1. The normalized spacial score (nSPS) is 10.9.